The fourth-order valence-electron chi connectivity index (χ4n) is 2.36. The predicted octanol–water partition coefficient (Wildman–Crippen LogP) is 3.59. The molecule has 2 rings (SSSR count). The topological polar surface area (TPSA) is 47.4 Å². The first-order chi connectivity index (χ1) is 12.7. The minimum atomic E-state index is -4.20. The fraction of sp³-hybridized carbons (Fsp3) is 0.444. The first kappa shape index (κ1) is 20.9. The number of aryl methyl sites for hydroxylation is 1. The van der Waals surface area contributed by atoms with Crippen LogP contribution < -0.4 is 0 Å². The second-order valence-corrected chi connectivity index (χ2v) is 6.08. The molecule has 0 aliphatic rings. The molecule has 1 amide bonds. The maximum atomic E-state index is 12.9. The molecule has 0 aliphatic carbocycles. The van der Waals surface area contributed by atoms with Crippen LogP contribution in [-0.4, -0.2) is 46.6 Å². The number of rotatable bonds is 9. The maximum Gasteiger partial charge on any atom is 0.330 e. The van der Waals surface area contributed by atoms with E-state index in [2.05, 4.69) is 9.84 Å². The molecule has 0 N–H and O–H groups in total. The summed E-state index contributed by atoms with van der Waals surface area (Å²) in [6, 6.07) is 8.04. The van der Waals surface area contributed by atoms with E-state index in [1.165, 1.54) is 11.0 Å². The Balaban J connectivity index is 1.95. The van der Waals surface area contributed by atoms with E-state index in [-0.39, 0.29) is 12.5 Å². The molecular formula is C18H21F4N3O2. The summed E-state index contributed by atoms with van der Waals surface area (Å²) in [5.41, 5.74) is 1.52. The van der Waals surface area contributed by atoms with Crippen molar-refractivity contribution in [2.24, 2.45) is 0 Å². The number of carbonyl (C=O) groups is 1. The number of hydrogen-bond donors (Lipinski definition) is 0. The molecule has 5 nitrogen and oxygen atoms in total. The van der Waals surface area contributed by atoms with Crippen LogP contribution in [0.25, 0.3) is 0 Å². The van der Waals surface area contributed by atoms with Crippen molar-refractivity contribution in [3.8, 4) is 0 Å². The van der Waals surface area contributed by atoms with Crippen LogP contribution in [0, 0.1) is 0 Å². The van der Waals surface area contributed by atoms with Gasteiger partial charge in [0.2, 0.25) is 0 Å². The first-order valence-electron chi connectivity index (χ1n) is 8.33. The number of aromatic nitrogens is 2. The molecular weight excluding hydrogens is 366 g/mol. The van der Waals surface area contributed by atoms with Crippen LogP contribution in [0.3, 0.4) is 0 Å². The number of carbonyl (C=O) groups excluding carboxylic acids is 1. The predicted molar refractivity (Wildman–Crippen MR) is 90.7 cm³/mol. The molecule has 0 fully saturated rings. The number of amides is 1. The molecule has 0 radical (unpaired) electrons. The van der Waals surface area contributed by atoms with Gasteiger partial charge in [-0.3, -0.25) is 9.48 Å². The highest BCUT2D eigenvalue weighted by atomic mass is 19.3. The Bertz CT molecular complexity index is 765. The van der Waals surface area contributed by atoms with Gasteiger partial charge in [-0.1, -0.05) is 12.1 Å². The van der Waals surface area contributed by atoms with E-state index in [1.54, 1.807) is 29.9 Å². The zero-order valence-electron chi connectivity index (χ0n) is 15.0. The molecule has 0 atom stereocenters. The van der Waals surface area contributed by atoms with Crippen LogP contribution in [0.4, 0.5) is 17.6 Å². The Morgan fingerprint density at radius 1 is 1.33 bits per heavy atom. The zero-order valence-corrected chi connectivity index (χ0v) is 15.0. The van der Waals surface area contributed by atoms with Gasteiger partial charge >= 0.3 is 12.3 Å². The van der Waals surface area contributed by atoms with Gasteiger partial charge < -0.3 is 9.64 Å². The van der Waals surface area contributed by atoms with Crippen LogP contribution in [0.1, 0.15) is 28.5 Å². The molecule has 0 unspecified atom stereocenters. The first-order valence-corrected chi connectivity index (χ1v) is 8.33. The van der Waals surface area contributed by atoms with Crippen LogP contribution in [0.2, 0.25) is 0 Å². The van der Waals surface area contributed by atoms with E-state index in [9.17, 15) is 22.4 Å². The van der Waals surface area contributed by atoms with Gasteiger partial charge in [0.25, 0.3) is 5.91 Å². The van der Waals surface area contributed by atoms with Crippen LogP contribution in [0.15, 0.2) is 36.5 Å². The van der Waals surface area contributed by atoms with Gasteiger partial charge in [0, 0.05) is 25.4 Å². The monoisotopic (exact) mass is 387 g/mol. The van der Waals surface area contributed by atoms with E-state index in [4.69, 9.17) is 0 Å². The third-order valence-electron chi connectivity index (χ3n) is 3.82. The lowest BCUT2D eigenvalue weighted by Crippen LogP contribution is -2.32. The lowest BCUT2D eigenvalue weighted by atomic mass is 10.1. The average Bonchev–Trinajstić information content (AvgIpc) is 3.08. The van der Waals surface area contributed by atoms with Crippen molar-refractivity contribution < 1.29 is 27.1 Å². The molecule has 0 saturated heterocycles. The van der Waals surface area contributed by atoms with E-state index < -0.39 is 19.0 Å². The van der Waals surface area contributed by atoms with Gasteiger partial charge in [0.05, 0.1) is 18.8 Å². The quantitative estimate of drug-likeness (QED) is 0.618. The third-order valence-corrected chi connectivity index (χ3v) is 3.82. The lowest BCUT2D eigenvalue weighted by Gasteiger charge is -2.17. The molecule has 1 heterocycles. The summed E-state index contributed by atoms with van der Waals surface area (Å²) in [7, 11) is 1.62. The van der Waals surface area contributed by atoms with Gasteiger partial charge in [0.1, 0.15) is 6.61 Å². The highest BCUT2D eigenvalue weighted by molar-refractivity contribution is 5.94. The number of alkyl halides is 4. The molecule has 2 aromatic rings. The average molecular weight is 387 g/mol. The minimum absolute atomic E-state index is 0.277. The van der Waals surface area contributed by atoms with Gasteiger partial charge in [-0.05, 0) is 30.7 Å². The molecule has 1 aromatic carbocycles. The largest absolute Gasteiger partial charge is 0.370 e. The number of hydrogen-bond acceptors (Lipinski definition) is 3. The Kier molecular flexibility index (Phi) is 6.95. The van der Waals surface area contributed by atoms with E-state index in [0.29, 0.717) is 17.7 Å². The smallest absolute Gasteiger partial charge is 0.330 e. The number of benzene rings is 1. The van der Waals surface area contributed by atoms with Crippen molar-refractivity contribution in [3.05, 3.63) is 53.3 Å². The summed E-state index contributed by atoms with van der Waals surface area (Å²) >= 11 is 0. The van der Waals surface area contributed by atoms with Crippen LogP contribution in [0.5, 0.6) is 0 Å². The SMILES string of the molecule is CCn1ccc(CN(C)C(=O)c2cccc(COCC(F)(F)C(F)F)c2)n1. The molecule has 1 aromatic heterocycles. The van der Waals surface area contributed by atoms with Crippen LogP contribution >= 0.6 is 0 Å². The molecule has 0 bridgehead atoms. The summed E-state index contributed by atoms with van der Waals surface area (Å²) < 4.78 is 56.4. The summed E-state index contributed by atoms with van der Waals surface area (Å²) in [4.78, 5) is 14.0. The maximum absolute atomic E-state index is 12.9. The number of nitrogens with zero attached hydrogens (tertiary/aromatic N) is 3. The van der Waals surface area contributed by atoms with Crippen molar-refractivity contribution in [2.45, 2.75) is 39.0 Å². The Morgan fingerprint density at radius 2 is 2.07 bits per heavy atom. The number of halogens is 4. The van der Waals surface area contributed by atoms with E-state index >= 15 is 0 Å². The second-order valence-electron chi connectivity index (χ2n) is 6.08. The Morgan fingerprint density at radius 3 is 2.70 bits per heavy atom. The van der Waals surface area contributed by atoms with Gasteiger partial charge in [-0.25, -0.2) is 8.78 Å². The summed E-state index contributed by atoms with van der Waals surface area (Å²) in [5.74, 6) is -4.48. The fourth-order valence-corrected chi connectivity index (χ4v) is 2.36. The van der Waals surface area contributed by atoms with Crippen molar-refractivity contribution >= 4 is 5.91 Å². The molecule has 148 valence electrons. The Labute approximate surface area is 154 Å². The summed E-state index contributed by atoms with van der Waals surface area (Å²) in [5, 5.41) is 4.31. The third kappa shape index (κ3) is 5.78. The minimum Gasteiger partial charge on any atom is -0.370 e. The molecule has 9 heteroatoms. The van der Waals surface area contributed by atoms with E-state index in [0.717, 1.165) is 12.2 Å². The molecule has 0 spiro atoms. The number of ether oxygens (including phenoxy) is 1. The zero-order chi connectivity index (χ0) is 20.0. The van der Waals surface area contributed by atoms with Crippen molar-refractivity contribution in [3.63, 3.8) is 0 Å². The lowest BCUT2D eigenvalue weighted by molar-refractivity contribution is -0.168. The molecule has 27 heavy (non-hydrogen) atoms. The van der Waals surface area contributed by atoms with Crippen LogP contribution in [-0.2, 0) is 24.4 Å². The standard InChI is InChI=1S/C18H21F4N3O2/c1-3-25-8-7-15(23-25)10-24(2)16(26)14-6-4-5-13(9-14)11-27-12-18(21,22)17(19)20/h4-9,17H,3,10-12H2,1-2H3. The molecule has 0 aliphatic heterocycles. The van der Waals surface area contributed by atoms with Gasteiger partial charge in [-0.2, -0.15) is 13.9 Å². The van der Waals surface area contributed by atoms with Crippen molar-refractivity contribution in [1.82, 2.24) is 14.7 Å². The highest BCUT2D eigenvalue weighted by Crippen LogP contribution is 2.23. The van der Waals surface area contributed by atoms with Crippen molar-refractivity contribution in [1.29, 1.82) is 0 Å². The van der Waals surface area contributed by atoms with Crippen molar-refractivity contribution in [2.75, 3.05) is 13.7 Å². The Hall–Kier alpha value is -2.42. The molecule has 0 saturated carbocycles. The van der Waals surface area contributed by atoms with E-state index in [1.807, 2.05) is 19.2 Å². The summed E-state index contributed by atoms with van der Waals surface area (Å²) in [6.07, 6.45) is -1.96. The normalized spacial score (nSPS) is 11.8. The highest BCUT2D eigenvalue weighted by Gasteiger charge is 2.40. The second kappa shape index (κ2) is 8.98. The van der Waals surface area contributed by atoms with Gasteiger partial charge in [-0.15, -0.1) is 0 Å². The summed E-state index contributed by atoms with van der Waals surface area (Å²) in [6.45, 7) is 1.31. The van der Waals surface area contributed by atoms with Gasteiger partial charge in [0.15, 0.2) is 0 Å².